The molecule has 0 aliphatic rings. The zero-order valence-corrected chi connectivity index (χ0v) is 11.4. The van der Waals surface area contributed by atoms with E-state index in [9.17, 15) is 4.79 Å². The molecule has 0 spiro atoms. The molecular formula is C14H16ClNO3. The fourth-order valence-electron chi connectivity index (χ4n) is 1.61. The van der Waals surface area contributed by atoms with E-state index in [1.54, 1.807) is 12.1 Å². The van der Waals surface area contributed by atoms with Crippen LogP contribution in [0.5, 0.6) is 0 Å². The first kappa shape index (κ1) is 15.3. The van der Waals surface area contributed by atoms with Gasteiger partial charge in [0.15, 0.2) is 0 Å². The molecule has 0 aliphatic carbocycles. The summed E-state index contributed by atoms with van der Waals surface area (Å²) in [5, 5.41) is 3.24. The lowest BCUT2D eigenvalue weighted by Crippen LogP contribution is -2.12. The van der Waals surface area contributed by atoms with E-state index in [0.29, 0.717) is 12.3 Å². The molecule has 19 heavy (non-hydrogen) atoms. The van der Waals surface area contributed by atoms with Crippen molar-refractivity contribution in [3.8, 4) is 0 Å². The molecule has 2 rings (SSSR count). The summed E-state index contributed by atoms with van der Waals surface area (Å²) >= 11 is 0. The first-order valence-corrected chi connectivity index (χ1v) is 5.71. The van der Waals surface area contributed by atoms with Crippen LogP contribution in [0.4, 0.5) is 0 Å². The highest BCUT2D eigenvalue weighted by Crippen LogP contribution is 2.09. The van der Waals surface area contributed by atoms with Crippen molar-refractivity contribution >= 4 is 18.4 Å². The number of ether oxygens (including phenoxy) is 1. The van der Waals surface area contributed by atoms with Gasteiger partial charge in [-0.05, 0) is 17.7 Å². The zero-order valence-electron chi connectivity index (χ0n) is 10.6. The van der Waals surface area contributed by atoms with Crippen molar-refractivity contribution in [2.75, 3.05) is 7.11 Å². The Morgan fingerprint density at radius 3 is 2.58 bits per heavy atom. The Labute approximate surface area is 118 Å². The van der Waals surface area contributed by atoms with E-state index in [1.165, 1.54) is 12.7 Å². The number of furan rings is 1. The number of esters is 1. The molecule has 0 bridgehead atoms. The van der Waals surface area contributed by atoms with E-state index in [2.05, 4.69) is 22.2 Å². The number of hydrogen-bond donors (Lipinski definition) is 1. The molecule has 1 N–H and O–H groups in total. The normalized spacial score (nSPS) is 9.74. The van der Waals surface area contributed by atoms with Gasteiger partial charge in [-0.3, -0.25) is 0 Å². The highest BCUT2D eigenvalue weighted by molar-refractivity contribution is 5.86. The van der Waals surface area contributed by atoms with Crippen molar-refractivity contribution in [3.63, 3.8) is 0 Å². The van der Waals surface area contributed by atoms with Crippen molar-refractivity contribution in [2.24, 2.45) is 0 Å². The van der Waals surface area contributed by atoms with E-state index in [0.717, 1.165) is 6.54 Å². The van der Waals surface area contributed by atoms with Gasteiger partial charge >= 0.3 is 5.97 Å². The van der Waals surface area contributed by atoms with Gasteiger partial charge in [0, 0.05) is 6.54 Å². The van der Waals surface area contributed by atoms with Gasteiger partial charge in [0.05, 0.1) is 13.7 Å². The summed E-state index contributed by atoms with van der Waals surface area (Å²) in [5.74, 6) is 0.490. The molecular weight excluding hydrogens is 266 g/mol. The molecule has 0 fully saturated rings. The number of methoxy groups -OCH3 is 1. The van der Waals surface area contributed by atoms with Gasteiger partial charge < -0.3 is 14.5 Å². The first-order valence-electron chi connectivity index (χ1n) is 5.71. The number of nitrogens with one attached hydrogen (secondary N) is 1. The standard InChI is InChI=1S/C14H15NO3.ClH/c1-17-14(16)13-8-7-12(18-13)10-15-9-11-5-3-2-4-6-11;/h2-8,15H,9-10H2,1H3;1H. The summed E-state index contributed by atoms with van der Waals surface area (Å²) < 4.78 is 9.91. The molecule has 0 atom stereocenters. The molecule has 0 aliphatic heterocycles. The third-order valence-electron chi connectivity index (χ3n) is 2.52. The summed E-state index contributed by atoms with van der Waals surface area (Å²) in [6.45, 7) is 1.33. The van der Waals surface area contributed by atoms with Crippen molar-refractivity contribution in [1.82, 2.24) is 5.32 Å². The number of carbonyl (C=O) groups excluding carboxylic acids is 1. The fraction of sp³-hybridized carbons (Fsp3) is 0.214. The van der Waals surface area contributed by atoms with Crippen LogP contribution < -0.4 is 5.32 Å². The Hall–Kier alpha value is -1.78. The molecule has 4 nitrogen and oxygen atoms in total. The van der Waals surface area contributed by atoms with Crippen LogP contribution in [0.2, 0.25) is 0 Å². The van der Waals surface area contributed by atoms with Crippen LogP contribution in [0.15, 0.2) is 46.9 Å². The van der Waals surface area contributed by atoms with E-state index >= 15 is 0 Å². The van der Waals surface area contributed by atoms with Crippen LogP contribution in [0.1, 0.15) is 21.9 Å². The van der Waals surface area contributed by atoms with Crippen LogP contribution >= 0.6 is 12.4 Å². The summed E-state index contributed by atoms with van der Waals surface area (Å²) in [6.07, 6.45) is 0. The lowest BCUT2D eigenvalue weighted by molar-refractivity contribution is 0.0563. The predicted molar refractivity (Wildman–Crippen MR) is 74.3 cm³/mol. The second-order valence-corrected chi connectivity index (χ2v) is 3.85. The average Bonchev–Trinajstić information content (AvgIpc) is 2.88. The molecule has 0 saturated carbocycles. The molecule has 102 valence electrons. The van der Waals surface area contributed by atoms with E-state index in [1.807, 2.05) is 18.2 Å². The predicted octanol–water partition coefficient (Wildman–Crippen LogP) is 2.78. The minimum atomic E-state index is -0.454. The summed E-state index contributed by atoms with van der Waals surface area (Å²) in [4.78, 5) is 11.2. The second kappa shape index (κ2) is 7.61. The topological polar surface area (TPSA) is 51.5 Å². The van der Waals surface area contributed by atoms with Gasteiger partial charge in [0.2, 0.25) is 5.76 Å². The maximum absolute atomic E-state index is 11.2. The Morgan fingerprint density at radius 1 is 1.16 bits per heavy atom. The SMILES string of the molecule is COC(=O)c1ccc(CNCc2ccccc2)o1.Cl. The molecule has 0 saturated heterocycles. The number of carbonyl (C=O) groups is 1. The molecule has 0 radical (unpaired) electrons. The van der Waals surface area contributed by atoms with Gasteiger partial charge in [0.25, 0.3) is 0 Å². The van der Waals surface area contributed by atoms with Crippen molar-refractivity contribution in [3.05, 3.63) is 59.5 Å². The second-order valence-electron chi connectivity index (χ2n) is 3.85. The Balaban J connectivity index is 0.00000180. The quantitative estimate of drug-likeness (QED) is 0.856. The zero-order chi connectivity index (χ0) is 12.8. The van der Waals surface area contributed by atoms with Crippen molar-refractivity contribution in [2.45, 2.75) is 13.1 Å². The number of hydrogen-bond acceptors (Lipinski definition) is 4. The monoisotopic (exact) mass is 281 g/mol. The maximum Gasteiger partial charge on any atom is 0.373 e. The largest absolute Gasteiger partial charge is 0.463 e. The Morgan fingerprint density at radius 2 is 1.89 bits per heavy atom. The van der Waals surface area contributed by atoms with Gasteiger partial charge in [-0.25, -0.2) is 4.79 Å². The van der Waals surface area contributed by atoms with Crippen LogP contribution in [-0.4, -0.2) is 13.1 Å². The van der Waals surface area contributed by atoms with E-state index < -0.39 is 5.97 Å². The lowest BCUT2D eigenvalue weighted by atomic mass is 10.2. The highest BCUT2D eigenvalue weighted by Gasteiger charge is 2.10. The minimum Gasteiger partial charge on any atom is -0.463 e. The Kier molecular flexibility index (Phi) is 6.12. The molecule has 1 aromatic carbocycles. The summed E-state index contributed by atoms with van der Waals surface area (Å²) in [6, 6.07) is 13.5. The maximum atomic E-state index is 11.2. The van der Waals surface area contributed by atoms with Crippen LogP contribution in [0, 0.1) is 0 Å². The lowest BCUT2D eigenvalue weighted by Gasteiger charge is -2.02. The van der Waals surface area contributed by atoms with E-state index in [4.69, 9.17) is 4.42 Å². The first-order chi connectivity index (χ1) is 8.79. The van der Waals surface area contributed by atoms with Crippen LogP contribution in [-0.2, 0) is 17.8 Å². The van der Waals surface area contributed by atoms with Crippen LogP contribution in [0.3, 0.4) is 0 Å². The van der Waals surface area contributed by atoms with Crippen molar-refractivity contribution in [1.29, 1.82) is 0 Å². The van der Waals surface area contributed by atoms with E-state index in [-0.39, 0.29) is 18.2 Å². The number of rotatable bonds is 5. The van der Waals surface area contributed by atoms with Crippen molar-refractivity contribution < 1.29 is 13.9 Å². The highest BCUT2D eigenvalue weighted by atomic mass is 35.5. The molecule has 0 amide bonds. The molecule has 0 unspecified atom stereocenters. The molecule has 2 aromatic rings. The van der Waals surface area contributed by atoms with Gasteiger partial charge in [-0.15, -0.1) is 12.4 Å². The molecule has 1 heterocycles. The van der Waals surface area contributed by atoms with Gasteiger partial charge in [-0.2, -0.15) is 0 Å². The minimum absolute atomic E-state index is 0. The molecule has 1 aromatic heterocycles. The summed E-state index contributed by atoms with van der Waals surface area (Å²) in [5.41, 5.74) is 1.21. The number of benzene rings is 1. The van der Waals surface area contributed by atoms with Gasteiger partial charge in [-0.1, -0.05) is 30.3 Å². The van der Waals surface area contributed by atoms with Crippen LogP contribution in [0.25, 0.3) is 0 Å². The third-order valence-corrected chi connectivity index (χ3v) is 2.52. The third kappa shape index (κ3) is 4.43. The molecule has 5 heteroatoms. The smallest absolute Gasteiger partial charge is 0.373 e. The average molecular weight is 282 g/mol. The summed E-state index contributed by atoms with van der Waals surface area (Å²) in [7, 11) is 1.33. The van der Waals surface area contributed by atoms with Gasteiger partial charge in [0.1, 0.15) is 5.76 Å². The number of halogens is 1. The Bertz CT molecular complexity index is 510. The fourth-order valence-corrected chi connectivity index (χ4v) is 1.61.